The predicted octanol–water partition coefficient (Wildman–Crippen LogP) is 5.02. The minimum Gasteiger partial charge on any atom is -0.331 e. The van der Waals surface area contributed by atoms with Crippen molar-refractivity contribution in [3.8, 4) is 33.8 Å². The van der Waals surface area contributed by atoms with Crippen molar-refractivity contribution in [1.82, 2.24) is 19.7 Å². The molecule has 2 unspecified atom stereocenters. The highest BCUT2D eigenvalue weighted by molar-refractivity contribution is 7.17. The summed E-state index contributed by atoms with van der Waals surface area (Å²) in [5.74, 6) is -1.54. The lowest BCUT2D eigenvalue weighted by atomic mass is 9.98. The Morgan fingerprint density at radius 3 is 2.54 bits per heavy atom. The number of aromatic nitrogens is 3. The summed E-state index contributed by atoms with van der Waals surface area (Å²) in [7, 11) is 0. The van der Waals surface area contributed by atoms with E-state index in [1.165, 1.54) is 35.1 Å². The predicted molar refractivity (Wildman–Crippen MR) is 144 cm³/mol. The van der Waals surface area contributed by atoms with Gasteiger partial charge in [0.25, 0.3) is 5.91 Å². The first-order chi connectivity index (χ1) is 18.4. The summed E-state index contributed by atoms with van der Waals surface area (Å²) in [5, 5.41) is 23.2. The molecule has 2 bridgehead atoms. The molecule has 2 aromatic heterocycles. The standard InChI is InChI=1S/C27H21F2N7OS.ClH/c28-21-7-14(1-2-15(21)12-31)24-25(20-11-23-16(8-22(20)29)13-33-35(23)6-5-30)38-26(34-24)27(37)36-18-3-4-19(36)10-17(32)9-18;/h1-2,7-8,11,13,17-19H,3-4,6,9-10,32H2;1H. The first-order valence-electron chi connectivity index (χ1n) is 12.2. The average Bonchev–Trinajstić information content (AvgIpc) is 3.58. The second-order valence-electron chi connectivity index (χ2n) is 9.68. The number of benzene rings is 2. The van der Waals surface area contributed by atoms with Crippen molar-refractivity contribution in [2.45, 2.75) is 50.4 Å². The number of nitrogens with zero attached hydrogens (tertiary/aromatic N) is 6. The van der Waals surface area contributed by atoms with Gasteiger partial charge in [-0.05, 0) is 49.9 Å². The quantitative estimate of drug-likeness (QED) is 0.370. The van der Waals surface area contributed by atoms with Gasteiger partial charge in [-0.1, -0.05) is 6.07 Å². The number of halogens is 3. The Hall–Kier alpha value is -3.90. The monoisotopic (exact) mass is 565 g/mol. The topological polar surface area (TPSA) is 125 Å². The number of carbonyl (C=O) groups is 1. The third kappa shape index (κ3) is 4.53. The molecular weight excluding hydrogens is 544 g/mol. The number of nitrogens with two attached hydrogens (primary N) is 1. The Morgan fingerprint density at radius 1 is 1.13 bits per heavy atom. The van der Waals surface area contributed by atoms with Crippen LogP contribution in [0.3, 0.4) is 0 Å². The lowest BCUT2D eigenvalue weighted by molar-refractivity contribution is 0.0575. The van der Waals surface area contributed by atoms with Crippen LogP contribution in [0.2, 0.25) is 0 Å². The van der Waals surface area contributed by atoms with E-state index in [1.54, 1.807) is 12.1 Å². The zero-order valence-corrected chi connectivity index (χ0v) is 22.1. The summed E-state index contributed by atoms with van der Waals surface area (Å²) >= 11 is 1.05. The van der Waals surface area contributed by atoms with Crippen LogP contribution in [-0.2, 0) is 6.54 Å². The summed E-state index contributed by atoms with van der Waals surface area (Å²) in [4.78, 5) is 20.6. The summed E-state index contributed by atoms with van der Waals surface area (Å²) in [6, 6.07) is 10.9. The lowest BCUT2D eigenvalue weighted by Crippen LogP contribution is -2.50. The minimum atomic E-state index is -0.733. The molecule has 2 aromatic carbocycles. The van der Waals surface area contributed by atoms with E-state index in [0.29, 0.717) is 21.3 Å². The van der Waals surface area contributed by atoms with E-state index in [9.17, 15) is 9.18 Å². The van der Waals surface area contributed by atoms with Crippen molar-refractivity contribution in [2.75, 3.05) is 0 Å². The van der Waals surface area contributed by atoms with Crippen LogP contribution in [0.15, 0.2) is 36.5 Å². The van der Waals surface area contributed by atoms with E-state index >= 15 is 4.39 Å². The van der Waals surface area contributed by atoms with Crippen LogP contribution in [0, 0.1) is 34.3 Å². The number of piperidine rings is 1. The van der Waals surface area contributed by atoms with Gasteiger partial charge in [0.15, 0.2) is 5.01 Å². The molecule has 2 aliphatic rings. The Labute approximate surface area is 232 Å². The lowest BCUT2D eigenvalue weighted by Gasteiger charge is -2.37. The Balaban J connectivity index is 0.00000308. The van der Waals surface area contributed by atoms with Crippen molar-refractivity contribution >= 4 is 40.6 Å². The highest BCUT2D eigenvalue weighted by Gasteiger charge is 2.43. The van der Waals surface area contributed by atoms with E-state index in [4.69, 9.17) is 16.3 Å². The molecular formula is C27H22ClF2N7OS. The van der Waals surface area contributed by atoms with E-state index in [-0.39, 0.29) is 64.8 Å². The zero-order valence-electron chi connectivity index (χ0n) is 20.5. The normalized spacial score (nSPS) is 19.9. The summed E-state index contributed by atoms with van der Waals surface area (Å²) in [6.45, 7) is -0.0193. The number of nitriles is 2. The second kappa shape index (κ2) is 10.3. The molecule has 4 aromatic rings. The van der Waals surface area contributed by atoms with Crippen LogP contribution in [0.25, 0.3) is 32.6 Å². The van der Waals surface area contributed by atoms with Crippen LogP contribution >= 0.6 is 23.7 Å². The molecule has 2 saturated heterocycles. The molecule has 2 N–H and O–H groups in total. The largest absolute Gasteiger partial charge is 0.331 e. The molecule has 6 rings (SSSR count). The maximum absolute atomic E-state index is 15.5. The second-order valence-corrected chi connectivity index (χ2v) is 10.7. The first-order valence-corrected chi connectivity index (χ1v) is 13.0. The Morgan fingerprint density at radius 2 is 1.87 bits per heavy atom. The number of hydrogen-bond donors (Lipinski definition) is 1. The van der Waals surface area contributed by atoms with Gasteiger partial charge in [0.05, 0.1) is 33.9 Å². The highest BCUT2D eigenvalue weighted by atomic mass is 35.5. The number of rotatable bonds is 4. The minimum absolute atomic E-state index is 0. The number of carbonyl (C=O) groups excluding carboxylic acids is 1. The van der Waals surface area contributed by atoms with Crippen molar-refractivity contribution < 1.29 is 13.6 Å². The van der Waals surface area contributed by atoms with Crippen molar-refractivity contribution in [1.29, 1.82) is 10.5 Å². The molecule has 4 heterocycles. The maximum atomic E-state index is 15.5. The number of fused-ring (bicyclic) bond motifs is 3. The third-order valence-corrected chi connectivity index (χ3v) is 8.45. The third-order valence-electron chi connectivity index (χ3n) is 7.37. The van der Waals surface area contributed by atoms with Gasteiger partial charge in [-0.25, -0.2) is 13.8 Å². The molecule has 0 saturated carbocycles. The van der Waals surface area contributed by atoms with Crippen LogP contribution in [0.1, 0.15) is 41.0 Å². The average molecular weight is 566 g/mol. The van der Waals surface area contributed by atoms with Gasteiger partial charge in [0, 0.05) is 34.6 Å². The van der Waals surface area contributed by atoms with Crippen LogP contribution < -0.4 is 5.73 Å². The van der Waals surface area contributed by atoms with Crippen LogP contribution in [0.4, 0.5) is 8.78 Å². The molecule has 0 radical (unpaired) electrons. The van der Waals surface area contributed by atoms with Gasteiger partial charge >= 0.3 is 0 Å². The van der Waals surface area contributed by atoms with Gasteiger partial charge in [0.2, 0.25) is 0 Å². The van der Waals surface area contributed by atoms with Gasteiger partial charge in [-0.3, -0.25) is 9.48 Å². The molecule has 39 heavy (non-hydrogen) atoms. The van der Waals surface area contributed by atoms with E-state index in [1.807, 2.05) is 11.0 Å². The molecule has 2 atom stereocenters. The molecule has 12 heteroatoms. The fraction of sp³-hybridized carbons (Fsp3) is 0.296. The highest BCUT2D eigenvalue weighted by Crippen LogP contribution is 2.42. The van der Waals surface area contributed by atoms with Gasteiger partial charge in [-0.2, -0.15) is 15.6 Å². The molecule has 0 spiro atoms. The van der Waals surface area contributed by atoms with E-state index in [0.717, 1.165) is 37.0 Å². The molecule has 2 fully saturated rings. The van der Waals surface area contributed by atoms with Gasteiger partial charge in [-0.15, -0.1) is 23.7 Å². The first kappa shape index (κ1) is 26.7. The number of hydrogen-bond acceptors (Lipinski definition) is 7. The molecule has 2 aliphatic heterocycles. The Bertz CT molecular complexity index is 1670. The van der Waals surface area contributed by atoms with Gasteiger partial charge in [0.1, 0.15) is 24.2 Å². The SMILES string of the molecule is Cl.N#CCn1ncc2cc(F)c(-c3sc(C(=O)N4C5CCC4CC(N)C5)nc3-c3ccc(C#N)c(F)c3)cc21. The van der Waals surface area contributed by atoms with Crippen molar-refractivity contribution in [3.63, 3.8) is 0 Å². The van der Waals surface area contributed by atoms with Crippen molar-refractivity contribution in [3.05, 3.63) is 58.7 Å². The van der Waals surface area contributed by atoms with Crippen molar-refractivity contribution in [2.24, 2.45) is 5.73 Å². The van der Waals surface area contributed by atoms with Crippen LogP contribution in [-0.4, -0.2) is 43.7 Å². The van der Waals surface area contributed by atoms with Gasteiger partial charge < -0.3 is 10.6 Å². The number of amides is 1. The summed E-state index contributed by atoms with van der Waals surface area (Å²) in [6.07, 6.45) is 4.69. The zero-order chi connectivity index (χ0) is 26.6. The smallest absolute Gasteiger partial charge is 0.283 e. The van der Waals surface area contributed by atoms with Crippen LogP contribution in [0.5, 0.6) is 0 Å². The fourth-order valence-electron chi connectivity index (χ4n) is 5.67. The van der Waals surface area contributed by atoms with E-state index < -0.39 is 11.6 Å². The molecule has 1 amide bonds. The fourth-order valence-corrected chi connectivity index (χ4v) is 6.72. The number of thiazole rings is 1. The Kier molecular flexibility index (Phi) is 7.08. The van der Waals surface area contributed by atoms with E-state index in [2.05, 4.69) is 10.1 Å². The molecule has 0 aliphatic carbocycles. The summed E-state index contributed by atoms with van der Waals surface area (Å²) < 4.78 is 31.6. The maximum Gasteiger partial charge on any atom is 0.283 e. The molecule has 198 valence electrons. The summed E-state index contributed by atoms with van der Waals surface area (Å²) in [5.41, 5.74) is 7.33. The molecule has 8 nitrogen and oxygen atoms in total.